The van der Waals surface area contributed by atoms with Gasteiger partial charge in [-0.05, 0) is 26.0 Å². The molecule has 0 aliphatic carbocycles. The molecule has 1 aromatic carbocycles. The zero-order valence-electron chi connectivity index (χ0n) is 12.4. The maximum atomic E-state index is 11.4. The Hall–Kier alpha value is -1.68. The number of carbonyl (C=O) groups is 1. The summed E-state index contributed by atoms with van der Waals surface area (Å²) in [5.41, 5.74) is 3.69. The lowest BCUT2D eigenvalue weighted by Crippen LogP contribution is -2.16. The van der Waals surface area contributed by atoms with Crippen molar-refractivity contribution in [1.29, 1.82) is 0 Å². The SMILES string of the molecule is Cc1cc(C)cc(-c2nc(C(C)(C)C)c(C(=O)O)s2)c1. The van der Waals surface area contributed by atoms with Crippen LogP contribution in [0.2, 0.25) is 0 Å². The van der Waals surface area contributed by atoms with Crippen molar-refractivity contribution in [1.82, 2.24) is 4.98 Å². The van der Waals surface area contributed by atoms with Gasteiger partial charge in [0.15, 0.2) is 0 Å². The maximum absolute atomic E-state index is 11.4. The molecule has 3 nitrogen and oxygen atoms in total. The predicted molar refractivity (Wildman–Crippen MR) is 82.7 cm³/mol. The van der Waals surface area contributed by atoms with Gasteiger partial charge >= 0.3 is 5.97 Å². The van der Waals surface area contributed by atoms with Crippen LogP contribution in [0, 0.1) is 13.8 Å². The summed E-state index contributed by atoms with van der Waals surface area (Å²) < 4.78 is 0. The fourth-order valence-corrected chi connectivity index (χ4v) is 3.30. The van der Waals surface area contributed by atoms with Gasteiger partial charge in [-0.2, -0.15) is 0 Å². The van der Waals surface area contributed by atoms with Crippen molar-refractivity contribution in [3.05, 3.63) is 39.9 Å². The number of carboxylic acid groups (broad SMARTS) is 1. The highest BCUT2D eigenvalue weighted by Gasteiger charge is 2.27. The summed E-state index contributed by atoms with van der Waals surface area (Å²) in [7, 11) is 0. The van der Waals surface area contributed by atoms with E-state index < -0.39 is 5.97 Å². The molecular weight excluding hydrogens is 270 g/mol. The summed E-state index contributed by atoms with van der Waals surface area (Å²) in [6.07, 6.45) is 0. The molecule has 4 heteroatoms. The summed E-state index contributed by atoms with van der Waals surface area (Å²) >= 11 is 1.25. The Bertz CT molecular complexity index is 645. The number of benzene rings is 1. The highest BCUT2D eigenvalue weighted by atomic mass is 32.1. The molecule has 0 bridgehead atoms. The Labute approximate surface area is 123 Å². The van der Waals surface area contributed by atoms with Crippen molar-refractivity contribution in [2.24, 2.45) is 0 Å². The van der Waals surface area contributed by atoms with Crippen molar-refractivity contribution >= 4 is 17.3 Å². The molecule has 2 aromatic rings. The van der Waals surface area contributed by atoms with Crippen LogP contribution in [0.3, 0.4) is 0 Å². The second-order valence-corrected chi connectivity index (χ2v) is 7.13. The Morgan fingerprint density at radius 1 is 1.15 bits per heavy atom. The van der Waals surface area contributed by atoms with Gasteiger partial charge in [-0.1, -0.05) is 38.0 Å². The Morgan fingerprint density at radius 3 is 2.10 bits per heavy atom. The minimum Gasteiger partial charge on any atom is -0.477 e. The van der Waals surface area contributed by atoms with E-state index in [1.807, 2.05) is 46.8 Å². The van der Waals surface area contributed by atoms with E-state index in [1.54, 1.807) is 0 Å². The average molecular weight is 289 g/mol. The number of rotatable bonds is 2. The number of aryl methyl sites for hydroxylation is 2. The normalized spacial score (nSPS) is 11.7. The second kappa shape index (κ2) is 5.02. The van der Waals surface area contributed by atoms with E-state index in [2.05, 4.69) is 11.1 Å². The molecular formula is C16H19NO2S. The fourth-order valence-electron chi connectivity index (χ4n) is 2.20. The lowest BCUT2D eigenvalue weighted by atomic mass is 9.91. The smallest absolute Gasteiger partial charge is 0.347 e. The number of nitrogens with zero attached hydrogens (tertiary/aromatic N) is 1. The van der Waals surface area contributed by atoms with E-state index in [-0.39, 0.29) is 5.41 Å². The van der Waals surface area contributed by atoms with Gasteiger partial charge in [-0.3, -0.25) is 0 Å². The van der Waals surface area contributed by atoms with Crippen molar-refractivity contribution in [3.8, 4) is 10.6 Å². The lowest BCUT2D eigenvalue weighted by Gasteiger charge is -2.16. The van der Waals surface area contributed by atoms with Crippen LogP contribution in [-0.4, -0.2) is 16.1 Å². The van der Waals surface area contributed by atoms with Crippen LogP contribution in [0.15, 0.2) is 18.2 Å². The first-order chi connectivity index (χ1) is 9.18. The monoisotopic (exact) mass is 289 g/mol. The quantitative estimate of drug-likeness (QED) is 0.890. The maximum Gasteiger partial charge on any atom is 0.347 e. The third-order valence-corrected chi connectivity index (χ3v) is 4.09. The van der Waals surface area contributed by atoms with Gasteiger partial charge in [0.25, 0.3) is 0 Å². The van der Waals surface area contributed by atoms with Crippen LogP contribution >= 0.6 is 11.3 Å². The van der Waals surface area contributed by atoms with Gasteiger partial charge in [0.2, 0.25) is 0 Å². The van der Waals surface area contributed by atoms with Crippen molar-refractivity contribution < 1.29 is 9.90 Å². The minimum atomic E-state index is -0.900. The molecule has 0 atom stereocenters. The summed E-state index contributed by atoms with van der Waals surface area (Å²) in [5, 5.41) is 10.1. The Kier molecular flexibility index (Phi) is 3.69. The molecule has 0 spiro atoms. The summed E-state index contributed by atoms with van der Waals surface area (Å²) in [4.78, 5) is 16.3. The van der Waals surface area contributed by atoms with Crippen molar-refractivity contribution in [2.45, 2.75) is 40.0 Å². The predicted octanol–water partition coefficient (Wildman–Crippen LogP) is 4.42. The van der Waals surface area contributed by atoms with Crippen LogP contribution in [0.4, 0.5) is 0 Å². The first-order valence-electron chi connectivity index (χ1n) is 6.52. The van der Waals surface area contributed by atoms with Gasteiger partial charge in [0, 0.05) is 11.0 Å². The minimum absolute atomic E-state index is 0.276. The molecule has 1 N–H and O–H groups in total. The van der Waals surface area contributed by atoms with E-state index in [0.29, 0.717) is 10.6 Å². The van der Waals surface area contributed by atoms with Crippen LogP contribution in [0.25, 0.3) is 10.6 Å². The largest absolute Gasteiger partial charge is 0.477 e. The molecule has 1 aromatic heterocycles. The van der Waals surface area contributed by atoms with E-state index >= 15 is 0 Å². The van der Waals surface area contributed by atoms with E-state index in [9.17, 15) is 9.90 Å². The lowest BCUT2D eigenvalue weighted by molar-refractivity contribution is 0.0699. The summed E-state index contributed by atoms with van der Waals surface area (Å²) in [6.45, 7) is 10.0. The van der Waals surface area contributed by atoms with Gasteiger partial charge in [0.05, 0.1) is 5.69 Å². The van der Waals surface area contributed by atoms with Crippen LogP contribution in [-0.2, 0) is 5.41 Å². The summed E-state index contributed by atoms with van der Waals surface area (Å²) in [6, 6.07) is 6.19. The zero-order valence-corrected chi connectivity index (χ0v) is 13.3. The standard InChI is InChI=1S/C16H19NO2S/c1-9-6-10(2)8-11(7-9)14-17-13(16(3,4)5)12(20-14)15(18)19/h6-8H,1-5H3,(H,18,19). The number of carboxylic acids is 1. The molecule has 1 heterocycles. The fraction of sp³-hybridized carbons (Fsp3) is 0.375. The molecule has 2 rings (SSSR count). The zero-order chi connectivity index (χ0) is 15.1. The van der Waals surface area contributed by atoms with Crippen molar-refractivity contribution in [2.75, 3.05) is 0 Å². The van der Waals surface area contributed by atoms with Crippen molar-refractivity contribution in [3.63, 3.8) is 0 Å². The molecule has 0 fully saturated rings. The average Bonchev–Trinajstić information content (AvgIpc) is 2.71. The summed E-state index contributed by atoms with van der Waals surface area (Å²) in [5.74, 6) is -0.900. The topological polar surface area (TPSA) is 50.2 Å². The number of aromatic carboxylic acids is 1. The first kappa shape index (κ1) is 14.7. The molecule has 0 radical (unpaired) electrons. The van der Waals surface area contributed by atoms with E-state index in [1.165, 1.54) is 11.3 Å². The van der Waals surface area contributed by atoms with Gasteiger partial charge in [0.1, 0.15) is 9.88 Å². The van der Waals surface area contributed by atoms with Gasteiger partial charge in [-0.25, -0.2) is 9.78 Å². The number of hydrogen-bond donors (Lipinski definition) is 1. The van der Waals surface area contributed by atoms with Crippen LogP contribution in [0.1, 0.15) is 47.3 Å². The van der Waals surface area contributed by atoms with E-state index in [4.69, 9.17) is 0 Å². The third-order valence-electron chi connectivity index (χ3n) is 3.00. The number of thiazole rings is 1. The van der Waals surface area contributed by atoms with E-state index in [0.717, 1.165) is 21.7 Å². The Balaban J connectivity index is 2.62. The molecule has 0 aliphatic rings. The van der Waals surface area contributed by atoms with Gasteiger partial charge < -0.3 is 5.11 Å². The molecule has 0 saturated heterocycles. The molecule has 0 saturated carbocycles. The highest BCUT2D eigenvalue weighted by molar-refractivity contribution is 7.17. The molecule has 0 amide bonds. The molecule has 106 valence electrons. The van der Waals surface area contributed by atoms with Crippen LogP contribution in [0.5, 0.6) is 0 Å². The molecule has 0 unspecified atom stereocenters. The first-order valence-corrected chi connectivity index (χ1v) is 7.33. The molecule has 0 aliphatic heterocycles. The third kappa shape index (κ3) is 2.90. The van der Waals surface area contributed by atoms with Crippen LogP contribution < -0.4 is 0 Å². The second-order valence-electron chi connectivity index (χ2n) is 6.13. The molecule has 20 heavy (non-hydrogen) atoms. The highest BCUT2D eigenvalue weighted by Crippen LogP contribution is 2.35. The number of aromatic nitrogens is 1. The number of hydrogen-bond acceptors (Lipinski definition) is 3. The van der Waals surface area contributed by atoms with Gasteiger partial charge in [-0.15, -0.1) is 11.3 Å². The Morgan fingerprint density at radius 2 is 1.70 bits per heavy atom.